The number of aromatic nitrogens is 2. The van der Waals surface area contributed by atoms with Crippen molar-refractivity contribution < 1.29 is 17.9 Å². The van der Waals surface area contributed by atoms with Gasteiger partial charge in [0, 0.05) is 50.6 Å². The first-order valence-corrected chi connectivity index (χ1v) is 13.9. The maximum absolute atomic E-state index is 12.1. The Hall–Kier alpha value is -2.79. The maximum Gasteiger partial charge on any atom is 0.261 e. The van der Waals surface area contributed by atoms with Gasteiger partial charge in [-0.05, 0) is 57.9 Å². The monoisotopic (exact) mass is 520 g/mol. The number of nitrogens with one attached hydrogen (secondary N) is 2. The molecule has 1 aromatic carbocycles. The van der Waals surface area contributed by atoms with Gasteiger partial charge in [0.25, 0.3) is 5.88 Å². The second-order valence-corrected chi connectivity index (χ2v) is 12.3. The third kappa shape index (κ3) is 7.36. The Kier molecular flexibility index (Phi) is 9.61. The second kappa shape index (κ2) is 12.4. The van der Waals surface area contributed by atoms with Crippen LogP contribution in [0.25, 0.3) is 0 Å². The van der Waals surface area contributed by atoms with Crippen LogP contribution < -0.4 is 29.3 Å². The summed E-state index contributed by atoms with van der Waals surface area (Å²) in [6.07, 6.45) is 4.43. The summed E-state index contributed by atoms with van der Waals surface area (Å²) in [6, 6.07) is 8.51. The van der Waals surface area contributed by atoms with Crippen LogP contribution in [0.1, 0.15) is 40.0 Å². The normalized spacial score (nSPS) is 14.6. The summed E-state index contributed by atoms with van der Waals surface area (Å²) in [5.74, 6) is 1.62. The van der Waals surface area contributed by atoms with E-state index in [0.29, 0.717) is 24.1 Å². The van der Waals surface area contributed by atoms with Crippen LogP contribution in [-0.2, 0) is 10.0 Å². The number of nitrogens with zero attached hydrogens (tertiary/aromatic N) is 4. The Morgan fingerprint density at radius 2 is 1.56 bits per heavy atom. The first kappa shape index (κ1) is 27.8. The van der Waals surface area contributed by atoms with Gasteiger partial charge in [-0.2, -0.15) is 4.98 Å². The second-order valence-electron chi connectivity index (χ2n) is 9.77. The highest BCUT2D eigenvalue weighted by atomic mass is 32.2. The maximum atomic E-state index is 12.1. The van der Waals surface area contributed by atoms with Crippen molar-refractivity contribution >= 4 is 27.3 Å². The summed E-state index contributed by atoms with van der Waals surface area (Å²) < 4.78 is 36.6. The average molecular weight is 521 g/mol. The Morgan fingerprint density at radius 3 is 2.17 bits per heavy atom. The molecule has 1 saturated heterocycles. The lowest BCUT2D eigenvalue weighted by Crippen LogP contribution is -2.47. The third-order valence-electron chi connectivity index (χ3n) is 6.20. The van der Waals surface area contributed by atoms with Crippen LogP contribution in [0, 0.1) is 0 Å². The molecule has 3 rings (SSSR count). The van der Waals surface area contributed by atoms with E-state index in [9.17, 15) is 8.42 Å². The van der Waals surface area contributed by atoms with E-state index in [1.807, 2.05) is 0 Å². The van der Waals surface area contributed by atoms with Crippen molar-refractivity contribution in [1.82, 2.24) is 14.7 Å². The van der Waals surface area contributed by atoms with E-state index < -0.39 is 14.8 Å². The van der Waals surface area contributed by atoms with Crippen molar-refractivity contribution in [3.63, 3.8) is 0 Å². The number of methoxy groups -OCH3 is 2. The van der Waals surface area contributed by atoms with Crippen molar-refractivity contribution in [1.29, 1.82) is 0 Å². The van der Waals surface area contributed by atoms with Gasteiger partial charge in [-0.3, -0.25) is 0 Å². The lowest BCUT2D eigenvalue weighted by Gasteiger charge is -2.36. The first-order valence-electron chi connectivity index (χ1n) is 12.4. The molecule has 0 unspecified atom stereocenters. The van der Waals surface area contributed by atoms with E-state index in [4.69, 9.17) is 9.47 Å². The quantitative estimate of drug-likeness (QED) is 0.408. The van der Waals surface area contributed by atoms with Crippen LogP contribution in [-0.4, -0.2) is 76.6 Å². The van der Waals surface area contributed by atoms with E-state index in [1.165, 1.54) is 5.69 Å². The Labute approximate surface area is 215 Å². The van der Waals surface area contributed by atoms with Crippen LogP contribution >= 0.6 is 0 Å². The lowest BCUT2D eigenvalue weighted by molar-refractivity contribution is 0.340. The molecule has 0 spiro atoms. The number of hydrogen-bond acceptors (Lipinski definition) is 9. The topological polar surface area (TPSA) is 109 Å². The Morgan fingerprint density at radius 1 is 0.917 bits per heavy atom. The smallest absolute Gasteiger partial charge is 0.261 e. The molecule has 36 heavy (non-hydrogen) atoms. The molecule has 1 fully saturated rings. The van der Waals surface area contributed by atoms with Crippen molar-refractivity contribution in [3.05, 3.63) is 30.5 Å². The molecule has 0 bridgehead atoms. The molecular formula is C25H40N6O4S. The molecule has 200 valence electrons. The predicted octanol–water partition coefficient (Wildman–Crippen LogP) is 3.12. The number of rotatable bonds is 12. The summed E-state index contributed by atoms with van der Waals surface area (Å²) >= 11 is 0. The van der Waals surface area contributed by atoms with Crippen LogP contribution in [0.4, 0.5) is 17.3 Å². The van der Waals surface area contributed by atoms with Gasteiger partial charge in [0.15, 0.2) is 5.75 Å². The van der Waals surface area contributed by atoms with Gasteiger partial charge in [0.1, 0.15) is 0 Å². The molecule has 2 N–H and O–H groups in total. The molecule has 2 heterocycles. The molecule has 1 aliphatic heterocycles. The molecule has 11 heteroatoms. The fourth-order valence-corrected chi connectivity index (χ4v) is 4.67. The highest BCUT2D eigenvalue weighted by molar-refractivity contribution is 7.90. The summed E-state index contributed by atoms with van der Waals surface area (Å²) in [7, 11) is -0.109. The zero-order chi connectivity index (χ0) is 26.2. The van der Waals surface area contributed by atoms with Crippen molar-refractivity contribution in [2.45, 2.75) is 44.8 Å². The zero-order valence-electron chi connectivity index (χ0n) is 22.1. The van der Waals surface area contributed by atoms with Gasteiger partial charge < -0.3 is 24.6 Å². The van der Waals surface area contributed by atoms with Crippen molar-refractivity contribution in [3.8, 4) is 11.6 Å². The standard InChI is InChI=1S/C25H40N6O4S/c1-25(2,3)36(32,33)28-14-8-6-7-13-26-20-9-11-21(12-10-20)30-15-17-31(18-16-30)24-27-19-22(34-4)23(29-24)35-5/h9-12,19,26,28H,6-8,13-18H2,1-5H3. The number of anilines is 3. The molecular weight excluding hydrogens is 480 g/mol. The molecule has 0 radical (unpaired) electrons. The number of benzene rings is 1. The highest BCUT2D eigenvalue weighted by Crippen LogP contribution is 2.26. The fraction of sp³-hybridized carbons (Fsp3) is 0.600. The largest absolute Gasteiger partial charge is 0.490 e. The van der Waals surface area contributed by atoms with Gasteiger partial charge in [-0.25, -0.2) is 18.1 Å². The molecule has 1 aromatic heterocycles. The molecule has 0 atom stereocenters. The fourth-order valence-electron chi connectivity index (χ4n) is 3.82. The number of piperazine rings is 1. The van der Waals surface area contributed by atoms with Crippen molar-refractivity contribution in [2.75, 3.05) is 68.6 Å². The third-order valence-corrected chi connectivity index (χ3v) is 8.40. The van der Waals surface area contributed by atoms with E-state index in [-0.39, 0.29) is 0 Å². The summed E-state index contributed by atoms with van der Waals surface area (Å²) in [5.41, 5.74) is 2.28. The van der Waals surface area contributed by atoms with Crippen LogP contribution in [0.3, 0.4) is 0 Å². The molecule has 2 aromatic rings. The predicted molar refractivity (Wildman–Crippen MR) is 145 cm³/mol. The Bertz CT molecular complexity index is 1060. The minimum Gasteiger partial charge on any atom is -0.490 e. The van der Waals surface area contributed by atoms with E-state index >= 15 is 0 Å². The SMILES string of the molecule is COc1cnc(N2CCN(c3ccc(NCCCCCNS(=O)(=O)C(C)(C)C)cc3)CC2)nc1OC. The molecule has 10 nitrogen and oxygen atoms in total. The molecule has 0 aliphatic carbocycles. The minimum atomic E-state index is -3.26. The van der Waals surface area contributed by atoms with Gasteiger partial charge in [0.05, 0.1) is 25.2 Å². The van der Waals surface area contributed by atoms with E-state index in [2.05, 4.69) is 54.1 Å². The van der Waals surface area contributed by atoms with Crippen molar-refractivity contribution in [2.24, 2.45) is 0 Å². The van der Waals surface area contributed by atoms with Gasteiger partial charge in [-0.1, -0.05) is 6.42 Å². The lowest BCUT2D eigenvalue weighted by atomic mass is 10.2. The van der Waals surface area contributed by atoms with Gasteiger partial charge in [-0.15, -0.1) is 0 Å². The summed E-state index contributed by atoms with van der Waals surface area (Å²) in [6.45, 7) is 9.86. The number of hydrogen-bond donors (Lipinski definition) is 2. The number of sulfonamides is 1. The highest BCUT2D eigenvalue weighted by Gasteiger charge is 2.28. The van der Waals surface area contributed by atoms with Crippen LogP contribution in [0.5, 0.6) is 11.6 Å². The van der Waals surface area contributed by atoms with Gasteiger partial charge in [0.2, 0.25) is 16.0 Å². The van der Waals surface area contributed by atoms with Gasteiger partial charge >= 0.3 is 0 Å². The number of ether oxygens (including phenoxy) is 2. The average Bonchev–Trinajstić information content (AvgIpc) is 2.87. The molecule has 1 aliphatic rings. The van der Waals surface area contributed by atoms with Crippen LogP contribution in [0.2, 0.25) is 0 Å². The summed E-state index contributed by atoms with van der Waals surface area (Å²) in [5, 5.41) is 3.45. The van der Waals surface area contributed by atoms with E-state index in [0.717, 1.165) is 57.7 Å². The summed E-state index contributed by atoms with van der Waals surface area (Å²) in [4.78, 5) is 13.4. The zero-order valence-corrected chi connectivity index (χ0v) is 22.9. The minimum absolute atomic E-state index is 0.443. The molecule has 0 amide bonds. The van der Waals surface area contributed by atoms with E-state index in [1.54, 1.807) is 41.2 Å². The number of unbranched alkanes of at least 4 members (excludes halogenated alkanes) is 2. The van der Waals surface area contributed by atoms with Crippen LogP contribution in [0.15, 0.2) is 30.5 Å². The Balaban J connectivity index is 1.37. The molecule has 0 saturated carbocycles. The first-order chi connectivity index (χ1) is 17.1.